The molecule has 5 heteroatoms. The Labute approximate surface area is 206 Å². The topological polar surface area (TPSA) is 73.6 Å². The van der Waals surface area contributed by atoms with E-state index in [1.807, 2.05) is 17.4 Å². The number of hydrogen-bond acceptors (Lipinski definition) is 4. The second kappa shape index (κ2) is 11.9. The molecule has 4 rings (SSSR count). The predicted molar refractivity (Wildman–Crippen MR) is 136 cm³/mol. The predicted octanol–water partition coefficient (Wildman–Crippen LogP) is 4.88. The SMILES string of the molecule is [2H]C([2H])(N)C([2H])([2H])c1cccc2ccc(OC)cc12.[2H]C([2H])(NC(C)=O)C([2H])([2H])c1cccc2ccc(OC)cc12. The van der Waals surface area contributed by atoms with Crippen molar-refractivity contribution in [3.05, 3.63) is 83.9 Å². The van der Waals surface area contributed by atoms with E-state index in [2.05, 4.69) is 0 Å². The third-order valence-corrected chi connectivity index (χ3v) is 4.82. The highest BCUT2D eigenvalue weighted by Gasteiger charge is 2.03. The second-order valence-electron chi connectivity index (χ2n) is 6.99. The third kappa shape index (κ3) is 6.46. The van der Waals surface area contributed by atoms with Crippen LogP contribution in [0.25, 0.3) is 21.5 Å². The Balaban J connectivity index is 0.000000228. The summed E-state index contributed by atoms with van der Waals surface area (Å²) in [5.74, 6) is 0.510. The van der Waals surface area contributed by atoms with E-state index >= 15 is 0 Å². The number of methoxy groups -OCH3 is 2. The van der Waals surface area contributed by atoms with Gasteiger partial charge in [0.15, 0.2) is 0 Å². The van der Waals surface area contributed by atoms with Crippen LogP contribution in [0.5, 0.6) is 11.5 Å². The van der Waals surface area contributed by atoms with Crippen LogP contribution in [0.2, 0.25) is 0 Å². The van der Waals surface area contributed by atoms with Gasteiger partial charge in [0, 0.05) is 24.4 Å². The zero-order chi connectivity index (χ0) is 30.8. The Bertz CT molecular complexity index is 1550. The number of carbonyl (C=O) groups is 1. The third-order valence-electron chi connectivity index (χ3n) is 4.82. The first-order chi connectivity index (χ1) is 19.0. The summed E-state index contributed by atoms with van der Waals surface area (Å²) in [5.41, 5.74) is 5.71. The van der Waals surface area contributed by atoms with Gasteiger partial charge in [0.25, 0.3) is 0 Å². The second-order valence-corrected chi connectivity index (χ2v) is 6.99. The highest BCUT2D eigenvalue weighted by Crippen LogP contribution is 2.25. The van der Waals surface area contributed by atoms with Crippen LogP contribution in [0.15, 0.2) is 72.8 Å². The number of rotatable bonds is 7. The van der Waals surface area contributed by atoms with E-state index in [0.29, 0.717) is 22.3 Å². The molecular formula is C28H32N2O3. The van der Waals surface area contributed by atoms with Gasteiger partial charge in [-0.1, -0.05) is 48.5 Å². The van der Waals surface area contributed by atoms with E-state index in [9.17, 15) is 4.79 Å². The zero-order valence-electron chi connectivity index (χ0n) is 26.7. The van der Waals surface area contributed by atoms with E-state index in [1.165, 1.54) is 20.3 Å². The first-order valence-electron chi connectivity index (χ1n) is 14.2. The minimum Gasteiger partial charge on any atom is -0.497 e. The maximum absolute atomic E-state index is 11.2. The standard InChI is InChI=1S/C15H17NO2.C13H15NO/c1-11(17)16-9-8-13-5-3-4-12-6-7-14(18-2)10-15(12)13;1-15-12-6-5-10-3-2-4-11(7-8-14)13(10)9-12/h3-7,10H,8-9H2,1-2H3,(H,16,17);2-6,9H,7-8,14H2,1H3/i8D2,9D2;7D2,8D2. The molecule has 0 heterocycles. The molecule has 172 valence electrons. The van der Waals surface area contributed by atoms with E-state index < -0.39 is 31.6 Å². The number of amides is 1. The molecule has 0 saturated heterocycles. The number of fused-ring (bicyclic) bond motifs is 2. The Morgan fingerprint density at radius 2 is 1.36 bits per heavy atom. The zero-order valence-corrected chi connectivity index (χ0v) is 18.7. The number of nitrogens with two attached hydrogens (primary N) is 1. The van der Waals surface area contributed by atoms with Gasteiger partial charge in [-0.15, -0.1) is 0 Å². The van der Waals surface area contributed by atoms with Crippen molar-refractivity contribution in [3.63, 3.8) is 0 Å². The van der Waals surface area contributed by atoms with Gasteiger partial charge in [-0.05, 0) is 76.2 Å². The fourth-order valence-corrected chi connectivity index (χ4v) is 3.24. The molecule has 4 aromatic rings. The molecule has 0 atom stereocenters. The molecule has 0 aromatic heterocycles. The summed E-state index contributed by atoms with van der Waals surface area (Å²) in [7, 11) is 3.04. The first kappa shape index (κ1) is 15.3. The Morgan fingerprint density at radius 1 is 0.848 bits per heavy atom. The maximum atomic E-state index is 11.2. The molecule has 0 aliphatic rings. The maximum Gasteiger partial charge on any atom is 0.216 e. The van der Waals surface area contributed by atoms with Gasteiger partial charge in [-0.2, -0.15) is 0 Å². The van der Waals surface area contributed by atoms with Gasteiger partial charge in [0.05, 0.1) is 14.2 Å². The minimum atomic E-state index is -2.55. The van der Waals surface area contributed by atoms with Gasteiger partial charge < -0.3 is 20.5 Å². The lowest BCUT2D eigenvalue weighted by molar-refractivity contribution is -0.118. The fourth-order valence-electron chi connectivity index (χ4n) is 3.24. The molecule has 1 amide bonds. The quantitative estimate of drug-likeness (QED) is 0.419. The lowest BCUT2D eigenvalue weighted by atomic mass is 10.0. The number of ether oxygens (including phenoxy) is 2. The normalized spacial score (nSPS) is 15.8. The van der Waals surface area contributed by atoms with Crippen LogP contribution in [0.1, 0.15) is 29.0 Å². The van der Waals surface area contributed by atoms with Crippen molar-refractivity contribution in [3.8, 4) is 11.5 Å². The minimum absolute atomic E-state index is 0.155. The van der Waals surface area contributed by atoms with Crippen molar-refractivity contribution in [2.24, 2.45) is 5.73 Å². The molecule has 4 aromatic carbocycles. The smallest absolute Gasteiger partial charge is 0.216 e. The molecular weight excluding hydrogens is 412 g/mol. The Morgan fingerprint density at radius 3 is 1.82 bits per heavy atom. The summed E-state index contributed by atoms with van der Waals surface area (Å²) in [6.07, 6.45) is -4.70. The van der Waals surface area contributed by atoms with Crippen LogP contribution in [-0.4, -0.2) is 33.1 Å². The fraction of sp³-hybridized carbons (Fsp3) is 0.250. The van der Waals surface area contributed by atoms with Crippen LogP contribution in [0.4, 0.5) is 0 Å². The average molecular weight is 453 g/mol. The molecule has 3 N–H and O–H groups in total. The van der Waals surface area contributed by atoms with Crippen LogP contribution in [-0.2, 0) is 17.5 Å². The summed E-state index contributed by atoms with van der Waals surface area (Å²) in [5, 5.41) is 4.76. The van der Waals surface area contributed by atoms with E-state index in [-0.39, 0.29) is 11.1 Å². The Kier molecular flexibility index (Phi) is 5.51. The largest absolute Gasteiger partial charge is 0.497 e. The summed E-state index contributed by atoms with van der Waals surface area (Å²) >= 11 is 0. The molecule has 0 unspecified atom stereocenters. The van der Waals surface area contributed by atoms with Gasteiger partial charge >= 0.3 is 0 Å². The van der Waals surface area contributed by atoms with E-state index in [4.69, 9.17) is 26.2 Å². The summed E-state index contributed by atoms with van der Waals surface area (Å²) in [6.45, 7) is -3.86. The van der Waals surface area contributed by atoms with Gasteiger partial charge in [-0.3, -0.25) is 4.79 Å². The number of aryl methyl sites for hydroxylation is 2. The number of carbonyl (C=O) groups excluding carboxylic acids is 1. The van der Waals surface area contributed by atoms with Crippen molar-refractivity contribution in [2.75, 3.05) is 27.2 Å². The molecule has 0 saturated carbocycles. The van der Waals surface area contributed by atoms with Crippen molar-refractivity contribution in [2.45, 2.75) is 19.7 Å². The number of benzene rings is 4. The van der Waals surface area contributed by atoms with Crippen LogP contribution >= 0.6 is 0 Å². The van der Waals surface area contributed by atoms with Crippen LogP contribution < -0.4 is 20.5 Å². The lowest BCUT2D eigenvalue weighted by Crippen LogP contribution is -2.22. The molecule has 0 radical (unpaired) electrons. The van der Waals surface area contributed by atoms with Gasteiger partial charge in [0.1, 0.15) is 11.5 Å². The monoisotopic (exact) mass is 452 g/mol. The van der Waals surface area contributed by atoms with Crippen LogP contribution in [0.3, 0.4) is 0 Å². The Hall–Kier alpha value is -3.57. The molecule has 0 bridgehead atoms. The molecule has 0 aliphatic heterocycles. The first-order valence-corrected chi connectivity index (χ1v) is 10.2. The number of hydrogen-bond donors (Lipinski definition) is 2. The van der Waals surface area contributed by atoms with Crippen LogP contribution in [0, 0.1) is 0 Å². The van der Waals surface area contributed by atoms with Crippen molar-refractivity contribution >= 4 is 27.5 Å². The summed E-state index contributed by atoms with van der Waals surface area (Å²) < 4.78 is 73.4. The highest BCUT2D eigenvalue weighted by molar-refractivity contribution is 5.88. The van der Waals surface area contributed by atoms with E-state index in [1.54, 1.807) is 54.6 Å². The number of nitrogens with one attached hydrogen (secondary N) is 1. The molecule has 0 aliphatic carbocycles. The van der Waals surface area contributed by atoms with Crippen molar-refractivity contribution in [1.29, 1.82) is 0 Å². The molecule has 0 fully saturated rings. The van der Waals surface area contributed by atoms with Crippen molar-refractivity contribution in [1.82, 2.24) is 5.32 Å². The molecule has 5 nitrogen and oxygen atoms in total. The van der Waals surface area contributed by atoms with Gasteiger partial charge in [-0.25, -0.2) is 0 Å². The summed E-state index contributed by atoms with van der Waals surface area (Å²) in [4.78, 5) is 11.2. The van der Waals surface area contributed by atoms with Crippen molar-refractivity contribution < 1.29 is 25.2 Å². The van der Waals surface area contributed by atoms with Gasteiger partial charge in [0.2, 0.25) is 5.91 Å². The van der Waals surface area contributed by atoms with E-state index in [0.717, 1.165) is 17.7 Å². The molecule has 33 heavy (non-hydrogen) atoms. The average Bonchev–Trinajstić information content (AvgIpc) is 2.90. The lowest BCUT2D eigenvalue weighted by Gasteiger charge is -2.08. The summed E-state index contributed by atoms with van der Waals surface area (Å²) in [6, 6.07) is 20.5. The molecule has 0 spiro atoms. The highest BCUT2D eigenvalue weighted by atomic mass is 16.5.